The zero-order valence-corrected chi connectivity index (χ0v) is 16.1. The Balaban J connectivity index is 0.00000243. The molecule has 0 unspecified atom stereocenters. The van der Waals surface area contributed by atoms with Crippen molar-refractivity contribution < 1.29 is 14.3 Å². The second-order valence-corrected chi connectivity index (χ2v) is 6.52. The van der Waals surface area contributed by atoms with Crippen molar-refractivity contribution in [1.82, 2.24) is 4.90 Å². The molecule has 1 aliphatic heterocycles. The average molecular weight is 397 g/mol. The molecule has 0 bridgehead atoms. The highest BCUT2D eigenvalue weighted by Gasteiger charge is 2.25. The summed E-state index contributed by atoms with van der Waals surface area (Å²) in [6.07, 6.45) is 0.838. The summed E-state index contributed by atoms with van der Waals surface area (Å²) in [5.41, 5.74) is 7.45. The lowest BCUT2D eigenvalue weighted by Crippen LogP contribution is -2.31. The van der Waals surface area contributed by atoms with Crippen LogP contribution in [-0.4, -0.2) is 37.0 Å². The topological polar surface area (TPSA) is 64.8 Å². The number of hydrogen-bond donors (Lipinski definition) is 1. The number of likely N-dealkylation sites (tertiary alicyclic amines) is 1. The Labute approximate surface area is 164 Å². The van der Waals surface area contributed by atoms with Crippen LogP contribution in [0.15, 0.2) is 42.5 Å². The quantitative estimate of drug-likeness (QED) is 0.839. The maximum absolute atomic E-state index is 12.5. The van der Waals surface area contributed by atoms with Gasteiger partial charge in [-0.3, -0.25) is 4.79 Å². The van der Waals surface area contributed by atoms with E-state index in [1.165, 1.54) is 0 Å². The van der Waals surface area contributed by atoms with E-state index in [0.29, 0.717) is 41.8 Å². The smallest absolute Gasteiger partial charge is 0.254 e. The fourth-order valence-corrected chi connectivity index (χ4v) is 2.94. The molecule has 1 aliphatic rings. The van der Waals surface area contributed by atoms with Gasteiger partial charge < -0.3 is 20.1 Å². The normalized spacial score (nSPS) is 16.1. The lowest BCUT2D eigenvalue weighted by Gasteiger charge is -2.17. The Morgan fingerprint density at radius 3 is 2.58 bits per heavy atom. The van der Waals surface area contributed by atoms with Crippen molar-refractivity contribution in [3.63, 3.8) is 0 Å². The number of ether oxygens (including phenoxy) is 2. The third kappa shape index (κ3) is 4.81. The number of benzene rings is 2. The molecule has 140 valence electrons. The van der Waals surface area contributed by atoms with Crippen LogP contribution in [0.1, 0.15) is 22.3 Å². The number of nitrogens with two attached hydrogens (primary N) is 1. The highest BCUT2D eigenvalue weighted by atomic mass is 35.5. The van der Waals surface area contributed by atoms with E-state index in [1.54, 1.807) is 30.2 Å². The van der Waals surface area contributed by atoms with E-state index < -0.39 is 0 Å². The molecule has 1 atom stereocenters. The molecule has 0 aromatic heterocycles. The molecule has 1 amide bonds. The molecule has 1 saturated heterocycles. The molecule has 2 N–H and O–H groups in total. The van der Waals surface area contributed by atoms with Gasteiger partial charge in [0.1, 0.15) is 6.61 Å². The molecule has 0 saturated carbocycles. The van der Waals surface area contributed by atoms with Crippen LogP contribution in [0, 0.1) is 0 Å². The van der Waals surface area contributed by atoms with Gasteiger partial charge in [0.15, 0.2) is 11.5 Å². The summed E-state index contributed by atoms with van der Waals surface area (Å²) in [5, 5.41) is 0.686. The van der Waals surface area contributed by atoms with Crippen LogP contribution in [0.25, 0.3) is 0 Å². The third-order valence-corrected chi connectivity index (χ3v) is 4.48. The number of rotatable bonds is 5. The summed E-state index contributed by atoms with van der Waals surface area (Å²) < 4.78 is 11.2. The maximum atomic E-state index is 12.5. The molecule has 7 heteroatoms. The van der Waals surface area contributed by atoms with Crippen LogP contribution in [0.4, 0.5) is 0 Å². The van der Waals surface area contributed by atoms with Crippen LogP contribution in [0.5, 0.6) is 11.5 Å². The second kappa shape index (κ2) is 9.12. The molecule has 2 aromatic carbocycles. The third-order valence-electron chi connectivity index (χ3n) is 4.23. The first-order chi connectivity index (χ1) is 12.1. The molecule has 2 aromatic rings. The number of carbonyl (C=O) groups excluding carboxylic acids is 1. The van der Waals surface area contributed by atoms with Gasteiger partial charge in [-0.25, -0.2) is 0 Å². The fourth-order valence-electron chi connectivity index (χ4n) is 2.82. The zero-order valence-electron chi connectivity index (χ0n) is 14.5. The number of amides is 1. The zero-order chi connectivity index (χ0) is 17.8. The molecular formula is C19H22Cl2N2O3. The van der Waals surface area contributed by atoms with Crippen molar-refractivity contribution >= 4 is 29.9 Å². The highest BCUT2D eigenvalue weighted by molar-refractivity contribution is 6.30. The van der Waals surface area contributed by atoms with Crippen molar-refractivity contribution in [3.8, 4) is 11.5 Å². The van der Waals surface area contributed by atoms with Gasteiger partial charge in [0.05, 0.1) is 7.11 Å². The largest absolute Gasteiger partial charge is 0.493 e. The van der Waals surface area contributed by atoms with E-state index in [-0.39, 0.29) is 24.4 Å². The molecular weight excluding hydrogens is 375 g/mol. The predicted octanol–water partition coefficient (Wildman–Crippen LogP) is 3.52. The Morgan fingerprint density at radius 1 is 1.23 bits per heavy atom. The number of carbonyl (C=O) groups is 1. The number of nitrogens with zero attached hydrogens (tertiary/aromatic N) is 1. The number of methoxy groups -OCH3 is 1. The summed E-state index contributed by atoms with van der Waals surface area (Å²) in [5.74, 6) is 1.09. The lowest BCUT2D eigenvalue weighted by molar-refractivity contribution is 0.0790. The first-order valence-corrected chi connectivity index (χ1v) is 8.55. The minimum Gasteiger partial charge on any atom is -0.493 e. The summed E-state index contributed by atoms with van der Waals surface area (Å²) in [7, 11) is 1.56. The average Bonchev–Trinajstić information content (AvgIpc) is 3.07. The van der Waals surface area contributed by atoms with Gasteiger partial charge in [-0.1, -0.05) is 23.7 Å². The van der Waals surface area contributed by atoms with Crippen LogP contribution >= 0.6 is 24.0 Å². The molecule has 0 aliphatic carbocycles. The number of hydrogen-bond acceptors (Lipinski definition) is 4. The van der Waals surface area contributed by atoms with Gasteiger partial charge in [0.25, 0.3) is 5.91 Å². The van der Waals surface area contributed by atoms with E-state index in [0.717, 1.165) is 12.0 Å². The Hall–Kier alpha value is -1.95. The lowest BCUT2D eigenvalue weighted by atomic mass is 10.1. The molecule has 26 heavy (non-hydrogen) atoms. The molecule has 5 nitrogen and oxygen atoms in total. The molecule has 1 fully saturated rings. The number of halogens is 2. The van der Waals surface area contributed by atoms with Crippen molar-refractivity contribution in [2.24, 2.45) is 5.73 Å². The van der Waals surface area contributed by atoms with E-state index in [4.69, 9.17) is 26.8 Å². The highest BCUT2D eigenvalue weighted by Crippen LogP contribution is 2.30. The fraction of sp³-hybridized carbons (Fsp3) is 0.316. The molecule has 0 spiro atoms. The first kappa shape index (κ1) is 20.4. The Bertz CT molecular complexity index is 753. The van der Waals surface area contributed by atoms with Gasteiger partial charge in [-0.15, -0.1) is 12.4 Å². The summed E-state index contributed by atoms with van der Waals surface area (Å²) in [6.45, 7) is 1.68. The SMILES string of the molecule is COc1cc(C(=O)N2CC[C@@H](N)C2)ccc1OCc1ccc(Cl)cc1.Cl. The summed E-state index contributed by atoms with van der Waals surface area (Å²) in [4.78, 5) is 14.3. The van der Waals surface area contributed by atoms with E-state index >= 15 is 0 Å². The van der Waals surface area contributed by atoms with E-state index in [1.807, 2.05) is 24.3 Å². The minimum atomic E-state index is -0.0319. The van der Waals surface area contributed by atoms with Crippen LogP contribution in [0.2, 0.25) is 5.02 Å². The maximum Gasteiger partial charge on any atom is 0.254 e. The van der Waals surface area contributed by atoms with Crippen LogP contribution in [0.3, 0.4) is 0 Å². The van der Waals surface area contributed by atoms with Crippen LogP contribution in [-0.2, 0) is 6.61 Å². The summed E-state index contributed by atoms with van der Waals surface area (Å²) >= 11 is 5.88. The van der Waals surface area contributed by atoms with Crippen molar-refractivity contribution in [2.45, 2.75) is 19.1 Å². The van der Waals surface area contributed by atoms with E-state index in [9.17, 15) is 4.79 Å². The predicted molar refractivity (Wildman–Crippen MR) is 105 cm³/mol. The van der Waals surface area contributed by atoms with Crippen molar-refractivity contribution in [2.75, 3.05) is 20.2 Å². The second-order valence-electron chi connectivity index (χ2n) is 6.08. The molecule has 3 rings (SSSR count). The minimum absolute atomic E-state index is 0. The first-order valence-electron chi connectivity index (χ1n) is 8.17. The van der Waals surface area contributed by atoms with Gasteiger partial charge in [0, 0.05) is 29.7 Å². The monoisotopic (exact) mass is 396 g/mol. The van der Waals surface area contributed by atoms with Crippen molar-refractivity contribution in [1.29, 1.82) is 0 Å². The summed E-state index contributed by atoms with van der Waals surface area (Å²) in [6, 6.07) is 12.7. The van der Waals surface area contributed by atoms with Gasteiger partial charge >= 0.3 is 0 Å². The van der Waals surface area contributed by atoms with Crippen molar-refractivity contribution in [3.05, 3.63) is 58.6 Å². The molecule has 1 heterocycles. The molecule has 0 radical (unpaired) electrons. The Kier molecular flexibility index (Phi) is 7.14. The van der Waals surface area contributed by atoms with Gasteiger partial charge in [0.2, 0.25) is 0 Å². The van der Waals surface area contributed by atoms with Gasteiger partial charge in [-0.05, 0) is 42.3 Å². The van der Waals surface area contributed by atoms with Gasteiger partial charge in [-0.2, -0.15) is 0 Å². The Morgan fingerprint density at radius 2 is 1.96 bits per heavy atom. The van der Waals surface area contributed by atoms with Crippen LogP contribution < -0.4 is 15.2 Å². The standard InChI is InChI=1S/C19H21ClN2O3.ClH/c1-24-18-10-14(19(23)22-9-8-16(21)11-22)4-7-17(18)25-12-13-2-5-15(20)6-3-13;/h2-7,10,16H,8-9,11-12,21H2,1H3;1H/t16-;/m1./s1. The van der Waals surface area contributed by atoms with E-state index in [2.05, 4.69) is 0 Å².